The van der Waals surface area contributed by atoms with Crippen LogP contribution in [0.3, 0.4) is 0 Å². The summed E-state index contributed by atoms with van der Waals surface area (Å²) in [6, 6.07) is 0. The molecule has 0 amide bonds. The van der Waals surface area contributed by atoms with Crippen molar-refractivity contribution in [3.8, 4) is 0 Å². The van der Waals surface area contributed by atoms with Gasteiger partial charge in [-0.3, -0.25) is 18.6 Å². The Kier molecular flexibility index (Phi) is 43.0. The molecule has 0 radical (unpaired) electrons. The minimum absolute atomic E-state index is 0.233. The maximum absolute atomic E-state index is 12.6. The molecule has 8 nitrogen and oxygen atoms in total. The van der Waals surface area contributed by atoms with Crippen molar-refractivity contribution in [1.29, 1.82) is 0 Å². The summed E-state index contributed by atoms with van der Waals surface area (Å²) in [5.41, 5.74) is 0. The van der Waals surface area contributed by atoms with Gasteiger partial charge in [0.15, 0.2) is 6.10 Å². The largest absolute Gasteiger partial charge is 0.472 e. The normalized spacial score (nSPS) is 13.7. The van der Waals surface area contributed by atoms with Crippen molar-refractivity contribution >= 4 is 19.8 Å². The molecule has 2 atom stereocenters. The molecule has 0 aromatic rings. The molecule has 0 saturated carbocycles. The van der Waals surface area contributed by atoms with Crippen LogP contribution in [0.25, 0.3) is 0 Å². The van der Waals surface area contributed by atoms with Crippen molar-refractivity contribution in [1.82, 2.24) is 0 Å². The maximum Gasteiger partial charge on any atom is 0.472 e. The van der Waals surface area contributed by atoms with E-state index in [0.717, 1.165) is 77.7 Å². The molecule has 1 N–H and O–H groups in total. The highest BCUT2D eigenvalue weighted by Crippen LogP contribution is 2.42. The number of carbonyl (C=O) groups excluding carboxylic acids is 2. The van der Waals surface area contributed by atoms with Gasteiger partial charge >= 0.3 is 19.8 Å². The Bertz CT molecular complexity index is 1080. The van der Waals surface area contributed by atoms with E-state index >= 15 is 0 Å². The third-order valence-electron chi connectivity index (χ3n) is 10.3. The zero-order valence-corrected chi connectivity index (χ0v) is 38.6. The molecule has 0 bridgehead atoms. The van der Waals surface area contributed by atoms with Crippen LogP contribution in [0.15, 0.2) is 48.6 Å². The predicted molar refractivity (Wildman–Crippen MR) is 244 cm³/mol. The molecule has 0 saturated heterocycles. The van der Waals surface area contributed by atoms with Gasteiger partial charge in [-0.1, -0.05) is 184 Å². The summed E-state index contributed by atoms with van der Waals surface area (Å²) in [5.74, 6) is -0.818. The summed E-state index contributed by atoms with van der Waals surface area (Å²) in [5, 5.41) is 0. The lowest BCUT2D eigenvalue weighted by Crippen LogP contribution is -2.29. The standard InChI is InChI=1S/C49H89O8P/c1-4-6-8-10-12-14-16-18-20-22-23-24-25-26-27-28-30-32-34-36-38-40-42-44-49(51)57-47(46-56-58(52,53)54-3)45-55-48(50)43-41-39-37-35-33-31-29-21-19-17-15-13-11-9-7-5-2/h15-18,21-23,29,47H,4-14,19-20,24-28,30-46H2,1-3H3,(H,52,53)/b17-15-,18-16-,23-22-,29-21-. The lowest BCUT2D eigenvalue weighted by Gasteiger charge is -2.19. The summed E-state index contributed by atoms with van der Waals surface area (Å²) in [6.45, 7) is 3.86. The van der Waals surface area contributed by atoms with Crippen LogP contribution in [0, 0.1) is 0 Å². The van der Waals surface area contributed by atoms with Crippen LogP contribution in [-0.4, -0.2) is 43.3 Å². The number of ether oxygens (including phenoxy) is 2. The molecule has 0 aromatic carbocycles. The molecule has 0 aliphatic carbocycles. The number of hydrogen-bond acceptors (Lipinski definition) is 7. The summed E-state index contributed by atoms with van der Waals surface area (Å²) < 4.78 is 32.1. The van der Waals surface area contributed by atoms with Gasteiger partial charge in [-0.15, -0.1) is 0 Å². The number of hydrogen-bond donors (Lipinski definition) is 1. The molecule has 338 valence electrons. The minimum atomic E-state index is -4.27. The molecule has 0 aromatic heterocycles. The maximum atomic E-state index is 12.6. The fourth-order valence-electron chi connectivity index (χ4n) is 6.60. The van der Waals surface area contributed by atoms with Crippen LogP contribution in [0.1, 0.15) is 226 Å². The van der Waals surface area contributed by atoms with Crippen molar-refractivity contribution in [2.75, 3.05) is 20.3 Å². The van der Waals surface area contributed by atoms with E-state index in [0.29, 0.717) is 6.42 Å². The fourth-order valence-corrected chi connectivity index (χ4v) is 7.06. The first-order chi connectivity index (χ1) is 28.3. The average Bonchev–Trinajstić information content (AvgIpc) is 3.21. The second-order valence-corrected chi connectivity index (χ2v) is 17.4. The van der Waals surface area contributed by atoms with Gasteiger partial charge < -0.3 is 14.4 Å². The Morgan fingerprint density at radius 1 is 0.483 bits per heavy atom. The van der Waals surface area contributed by atoms with Crippen molar-refractivity contribution in [2.24, 2.45) is 0 Å². The summed E-state index contributed by atoms with van der Waals surface area (Å²) in [7, 11) is -3.21. The highest BCUT2D eigenvalue weighted by atomic mass is 31.2. The van der Waals surface area contributed by atoms with Gasteiger partial charge in [-0.2, -0.15) is 0 Å². The quantitative estimate of drug-likeness (QED) is 0.0280. The van der Waals surface area contributed by atoms with Crippen LogP contribution in [0.5, 0.6) is 0 Å². The van der Waals surface area contributed by atoms with Gasteiger partial charge in [-0.25, -0.2) is 4.57 Å². The van der Waals surface area contributed by atoms with E-state index < -0.39 is 26.5 Å². The van der Waals surface area contributed by atoms with Gasteiger partial charge in [0.1, 0.15) is 6.61 Å². The van der Waals surface area contributed by atoms with Gasteiger partial charge in [0.2, 0.25) is 0 Å². The lowest BCUT2D eigenvalue weighted by molar-refractivity contribution is -0.161. The van der Waals surface area contributed by atoms with Gasteiger partial charge in [0.05, 0.1) is 6.61 Å². The Hall–Kier alpha value is -1.99. The van der Waals surface area contributed by atoms with E-state index in [1.807, 2.05) is 0 Å². The zero-order valence-electron chi connectivity index (χ0n) is 37.7. The molecular weight excluding hydrogens is 748 g/mol. The van der Waals surface area contributed by atoms with E-state index in [2.05, 4.69) is 67.0 Å². The van der Waals surface area contributed by atoms with E-state index in [9.17, 15) is 19.0 Å². The van der Waals surface area contributed by atoms with Crippen molar-refractivity contribution in [3.05, 3.63) is 48.6 Å². The van der Waals surface area contributed by atoms with Crippen molar-refractivity contribution in [2.45, 2.75) is 232 Å². The third kappa shape index (κ3) is 43.6. The number of carbonyl (C=O) groups is 2. The van der Waals surface area contributed by atoms with Crippen LogP contribution >= 0.6 is 7.82 Å². The highest BCUT2D eigenvalue weighted by Gasteiger charge is 2.24. The van der Waals surface area contributed by atoms with E-state index in [4.69, 9.17) is 14.0 Å². The van der Waals surface area contributed by atoms with Gasteiger partial charge in [0, 0.05) is 20.0 Å². The van der Waals surface area contributed by atoms with E-state index in [1.165, 1.54) is 122 Å². The predicted octanol–water partition coefficient (Wildman–Crippen LogP) is 15.3. The summed E-state index contributed by atoms with van der Waals surface area (Å²) >= 11 is 0. The van der Waals surface area contributed by atoms with Crippen molar-refractivity contribution < 1.29 is 37.6 Å². The first kappa shape index (κ1) is 56.0. The number of phosphoric ester groups is 1. The smallest absolute Gasteiger partial charge is 0.462 e. The lowest BCUT2D eigenvalue weighted by atomic mass is 10.0. The molecular formula is C49H89O8P. The molecule has 58 heavy (non-hydrogen) atoms. The molecule has 9 heteroatoms. The first-order valence-corrected chi connectivity index (χ1v) is 25.3. The number of unbranched alkanes of at least 4 members (excludes halogenated alkanes) is 25. The SMILES string of the molecule is CCCCCC/C=C\C/C=C\CCCCCCCC(=O)OCC(COP(=O)(O)OC)OC(=O)CCCCCCCCCCCCC/C=C\C/C=C\CCCCCCC. The number of rotatable bonds is 44. The Labute approximate surface area is 357 Å². The topological polar surface area (TPSA) is 108 Å². The van der Waals surface area contributed by atoms with Gasteiger partial charge in [0.25, 0.3) is 0 Å². The Balaban J connectivity index is 3.95. The van der Waals surface area contributed by atoms with Crippen LogP contribution in [0.4, 0.5) is 0 Å². The third-order valence-corrected chi connectivity index (χ3v) is 11.2. The average molecular weight is 837 g/mol. The fraction of sp³-hybridized carbons (Fsp3) is 0.796. The number of esters is 2. The molecule has 2 unspecified atom stereocenters. The molecule has 0 rings (SSSR count). The second-order valence-electron chi connectivity index (χ2n) is 15.9. The zero-order chi connectivity index (χ0) is 42.5. The van der Waals surface area contributed by atoms with Crippen LogP contribution in [-0.2, 0) is 32.7 Å². The van der Waals surface area contributed by atoms with Crippen LogP contribution in [0.2, 0.25) is 0 Å². The van der Waals surface area contributed by atoms with E-state index in [-0.39, 0.29) is 25.4 Å². The van der Waals surface area contributed by atoms with Gasteiger partial charge in [-0.05, 0) is 77.0 Å². The molecule has 0 fully saturated rings. The second kappa shape index (κ2) is 44.6. The minimum Gasteiger partial charge on any atom is -0.462 e. The van der Waals surface area contributed by atoms with E-state index in [1.54, 1.807) is 0 Å². The molecule has 0 aliphatic heterocycles. The first-order valence-electron chi connectivity index (χ1n) is 23.8. The highest BCUT2D eigenvalue weighted by molar-refractivity contribution is 7.47. The van der Waals surface area contributed by atoms with Crippen molar-refractivity contribution in [3.63, 3.8) is 0 Å². The molecule has 0 heterocycles. The molecule has 0 aliphatic rings. The van der Waals surface area contributed by atoms with Crippen LogP contribution < -0.4 is 0 Å². The summed E-state index contributed by atoms with van der Waals surface area (Å²) in [4.78, 5) is 34.6. The number of allylic oxidation sites excluding steroid dienone is 8. The molecule has 0 spiro atoms. The Morgan fingerprint density at radius 2 is 0.828 bits per heavy atom. The monoisotopic (exact) mass is 837 g/mol. The summed E-state index contributed by atoms with van der Waals surface area (Å²) in [6.07, 6.45) is 54.5. The Morgan fingerprint density at radius 3 is 1.22 bits per heavy atom. The number of phosphoric acid groups is 1.